The smallest absolute Gasteiger partial charge is 0.248 e. The fourth-order valence-corrected chi connectivity index (χ4v) is 3.19. The molecule has 0 aliphatic rings. The molecule has 0 fully saturated rings. The van der Waals surface area contributed by atoms with Gasteiger partial charge in [0.1, 0.15) is 5.52 Å². The zero-order valence-electron chi connectivity index (χ0n) is 16.7. The summed E-state index contributed by atoms with van der Waals surface area (Å²) in [5, 5.41) is 3.51. The van der Waals surface area contributed by atoms with E-state index in [0.717, 1.165) is 11.1 Å². The zero-order chi connectivity index (χ0) is 21.1. The maximum atomic E-state index is 12.2. The van der Waals surface area contributed by atoms with Crippen LogP contribution in [-0.2, 0) is 4.79 Å². The Balaban J connectivity index is 1.49. The first-order valence-corrected chi connectivity index (χ1v) is 10.1. The van der Waals surface area contributed by atoms with Gasteiger partial charge in [-0.05, 0) is 65.6 Å². The highest BCUT2D eigenvalue weighted by Crippen LogP contribution is 2.27. The highest BCUT2D eigenvalue weighted by atomic mass is 35.5. The molecule has 0 unspecified atom stereocenters. The van der Waals surface area contributed by atoms with E-state index in [4.69, 9.17) is 16.0 Å². The summed E-state index contributed by atoms with van der Waals surface area (Å²) >= 11 is 5.87. The molecule has 0 atom stereocenters. The Morgan fingerprint density at radius 2 is 1.77 bits per heavy atom. The summed E-state index contributed by atoms with van der Waals surface area (Å²) in [7, 11) is 0. The van der Waals surface area contributed by atoms with Gasteiger partial charge in [-0.2, -0.15) is 0 Å². The van der Waals surface area contributed by atoms with Crippen molar-refractivity contribution in [3.05, 3.63) is 89.0 Å². The summed E-state index contributed by atoms with van der Waals surface area (Å²) in [6.07, 6.45) is 3.22. The second kappa shape index (κ2) is 8.56. The number of benzene rings is 3. The molecule has 30 heavy (non-hydrogen) atoms. The molecule has 4 aromatic rings. The van der Waals surface area contributed by atoms with Gasteiger partial charge in [0.05, 0.1) is 0 Å². The Labute approximate surface area is 180 Å². The van der Waals surface area contributed by atoms with Gasteiger partial charge in [-0.25, -0.2) is 4.98 Å². The number of aromatic nitrogens is 1. The van der Waals surface area contributed by atoms with Crippen molar-refractivity contribution in [2.75, 3.05) is 5.32 Å². The van der Waals surface area contributed by atoms with Gasteiger partial charge in [0.25, 0.3) is 0 Å². The first kappa shape index (κ1) is 19.9. The second-order valence-electron chi connectivity index (χ2n) is 7.35. The number of hydrogen-bond acceptors (Lipinski definition) is 3. The second-order valence-corrected chi connectivity index (χ2v) is 7.79. The summed E-state index contributed by atoms with van der Waals surface area (Å²) in [5.41, 5.74) is 5.11. The van der Waals surface area contributed by atoms with Gasteiger partial charge in [-0.1, -0.05) is 49.7 Å². The van der Waals surface area contributed by atoms with Crippen molar-refractivity contribution in [2.24, 2.45) is 0 Å². The number of carbonyl (C=O) groups is 1. The Bertz CT molecular complexity index is 1210. The van der Waals surface area contributed by atoms with Crippen molar-refractivity contribution >= 4 is 40.4 Å². The van der Waals surface area contributed by atoms with E-state index in [9.17, 15) is 4.79 Å². The van der Waals surface area contributed by atoms with Crippen molar-refractivity contribution < 1.29 is 9.21 Å². The van der Waals surface area contributed by atoms with Crippen LogP contribution in [-0.4, -0.2) is 10.9 Å². The molecule has 0 aliphatic carbocycles. The van der Waals surface area contributed by atoms with Crippen LogP contribution in [0.15, 0.2) is 77.2 Å². The lowest BCUT2D eigenvalue weighted by atomic mass is 10.0. The number of fused-ring (bicyclic) bond motifs is 1. The summed E-state index contributed by atoms with van der Waals surface area (Å²) in [5.74, 6) is 0.811. The maximum absolute atomic E-state index is 12.2. The Hall–Kier alpha value is -3.37. The van der Waals surface area contributed by atoms with Gasteiger partial charge in [-0.3, -0.25) is 4.79 Å². The van der Waals surface area contributed by atoms with Crippen molar-refractivity contribution in [1.82, 2.24) is 4.98 Å². The molecule has 0 saturated carbocycles. The fraction of sp³-hybridized carbons (Fsp3) is 0.120. The van der Waals surface area contributed by atoms with Crippen molar-refractivity contribution in [1.29, 1.82) is 0 Å². The monoisotopic (exact) mass is 416 g/mol. The van der Waals surface area contributed by atoms with Crippen LogP contribution in [0.4, 0.5) is 5.69 Å². The summed E-state index contributed by atoms with van der Waals surface area (Å²) in [4.78, 5) is 16.8. The Kier molecular flexibility index (Phi) is 5.68. The van der Waals surface area contributed by atoms with E-state index in [1.54, 1.807) is 30.3 Å². The summed E-state index contributed by atoms with van der Waals surface area (Å²) < 4.78 is 5.88. The largest absolute Gasteiger partial charge is 0.436 e. The molecule has 0 saturated heterocycles. The van der Waals surface area contributed by atoms with E-state index in [2.05, 4.69) is 36.3 Å². The van der Waals surface area contributed by atoms with Crippen LogP contribution in [0.2, 0.25) is 5.02 Å². The van der Waals surface area contributed by atoms with Gasteiger partial charge >= 0.3 is 0 Å². The van der Waals surface area contributed by atoms with Crippen molar-refractivity contribution in [3.63, 3.8) is 0 Å². The molecule has 1 aromatic heterocycles. The quantitative estimate of drug-likeness (QED) is 0.359. The first-order chi connectivity index (χ1) is 14.5. The third kappa shape index (κ3) is 4.61. The number of oxazole rings is 1. The predicted octanol–water partition coefficient (Wildman–Crippen LogP) is 6.92. The number of halogens is 1. The molecule has 4 rings (SSSR count). The Morgan fingerprint density at radius 3 is 2.47 bits per heavy atom. The highest BCUT2D eigenvalue weighted by Gasteiger charge is 2.10. The summed E-state index contributed by atoms with van der Waals surface area (Å²) in [6.45, 7) is 4.32. The summed E-state index contributed by atoms with van der Waals surface area (Å²) in [6, 6.07) is 20.9. The number of anilines is 1. The van der Waals surface area contributed by atoms with E-state index < -0.39 is 0 Å². The number of amides is 1. The third-order valence-corrected chi connectivity index (χ3v) is 5.03. The Morgan fingerprint density at radius 1 is 1.03 bits per heavy atom. The first-order valence-electron chi connectivity index (χ1n) is 9.73. The number of hydrogen-bond donors (Lipinski definition) is 1. The maximum Gasteiger partial charge on any atom is 0.248 e. The lowest BCUT2D eigenvalue weighted by molar-refractivity contribution is -0.111. The molecule has 0 spiro atoms. The molecule has 1 amide bonds. The SMILES string of the molecule is CC(C)c1ccc(-c2nc3cc(NC(=O)/C=C/c4ccc(Cl)cc4)ccc3o2)cc1. The van der Waals surface area contributed by atoms with Crippen LogP contribution < -0.4 is 5.32 Å². The molecule has 150 valence electrons. The molecule has 3 aromatic carbocycles. The topological polar surface area (TPSA) is 55.1 Å². The van der Waals surface area contributed by atoms with Gasteiger partial charge < -0.3 is 9.73 Å². The minimum atomic E-state index is -0.225. The van der Waals surface area contributed by atoms with Crippen LogP contribution in [0.1, 0.15) is 30.9 Å². The van der Waals surface area contributed by atoms with E-state index in [-0.39, 0.29) is 5.91 Å². The van der Waals surface area contributed by atoms with Crippen LogP contribution in [0.25, 0.3) is 28.6 Å². The van der Waals surface area contributed by atoms with Crippen molar-refractivity contribution in [2.45, 2.75) is 19.8 Å². The normalized spacial score (nSPS) is 11.5. The lowest BCUT2D eigenvalue weighted by Gasteiger charge is -2.04. The van der Waals surface area contributed by atoms with E-state index in [1.807, 2.05) is 30.3 Å². The van der Waals surface area contributed by atoms with E-state index in [1.165, 1.54) is 11.6 Å². The minimum Gasteiger partial charge on any atom is -0.436 e. The van der Waals surface area contributed by atoms with Crippen LogP contribution in [0, 0.1) is 0 Å². The average molecular weight is 417 g/mol. The van der Waals surface area contributed by atoms with Gasteiger partial charge in [0.2, 0.25) is 11.8 Å². The third-order valence-electron chi connectivity index (χ3n) is 4.78. The lowest BCUT2D eigenvalue weighted by Crippen LogP contribution is -2.07. The number of nitrogens with zero attached hydrogens (tertiary/aromatic N) is 1. The van der Waals surface area contributed by atoms with Gasteiger partial charge in [0, 0.05) is 22.3 Å². The van der Waals surface area contributed by atoms with Crippen molar-refractivity contribution in [3.8, 4) is 11.5 Å². The van der Waals surface area contributed by atoms with Crippen LogP contribution in [0.3, 0.4) is 0 Å². The number of nitrogens with one attached hydrogen (secondary N) is 1. The molecular weight excluding hydrogens is 396 g/mol. The fourth-order valence-electron chi connectivity index (χ4n) is 3.07. The zero-order valence-corrected chi connectivity index (χ0v) is 17.5. The molecule has 1 heterocycles. The predicted molar refractivity (Wildman–Crippen MR) is 123 cm³/mol. The van der Waals surface area contributed by atoms with Crippen LogP contribution in [0.5, 0.6) is 0 Å². The molecule has 0 radical (unpaired) electrons. The van der Waals surface area contributed by atoms with Crippen LogP contribution >= 0.6 is 11.6 Å². The van der Waals surface area contributed by atoms with E-state index >= 15 is 0 Å². The minimum absolute atomic E-state index is 0.225. The molecule has 4 nitrogen and oxygen atoms in total. The molecule has 0 aliphatic heterocycles. The standard InChI is InChI=1S/C25H21ClN2O2/c1-16(2)18-6-8-19(9-7-18)25-28-22-15-21(12-13-23(22)30-25)27-24(29)14-5-17-3-10-20(26)11-4-17/h3-16H,1-2H3,(H,27,29)/b14-5+. The number of rotatable bonds is 5. The average Bonchev–Trinajstić information content (AvgIpc) is 3.17. The molecule has 0 bridgehead atoms. The molecular formula is C25H21ClN2O2. The number of carbonyl (C=O) groups excluding carboxylic acids is 1. The van der Waals surface area contributed by atoms with Gasteiger partial charge in [0.15, 0.2) is 5.58 Å². The van der Waals surface area contributed by atoms with Gasteiger partial charge in [-0.15, -0.1) is 0 Å². The highest BCUT2D eigenvalue weighted by molar-refractivity contribution is 6.30. The van der Waals surface area contributed by atoms with E-state index in [0.29, 0.717) is 33.6 Å². The molecule has 1 N–H and O–H groups in total. The molecule has 5 heteroatoms.